The number of aryl methyl sites for hydroxylation is 1. The number of halogens is 2. The largest absolute Gasteiger partial charge is 0.449 e. The maximum Gasteiger partial charge on any atom is 0.368 e. The second kappa shape index (κ2) is 10.5. The molecule has 0 radical (unpaired) electrons. The zero-order valence-electron chi connectivity index (χ0n) is 19.9. The molecule has 0 saturated heterocycles. The molecule has 0 amide bonds. The van der Waals surface area contributed by atoms with E-state index in [4.69, 9.17) is 16.3 Å². The Labute approximate surface area is 219 Å². The molecule has 0 heterocycles. The van der Waals surface area contributed by atoms with Crippen LogP contribution in [0.5, 0.6) is 0 Å². The normalized spacial score (nSPS) is 12.9. The maximum absolute atomic E-state index is 15.5. The van der Waals surface area contributed by atoms with Crippen molar-refractivity contribution in [2.24, 2.45) is 0 Å². The van der Waals surface area contributed by atoms with Gasteiger partial charge in [-0.2, -0.15) is 0 Å². The molecule has 37 heavy (non-hydrogen) atoms. The smallest absolute Gasteiger partial charge is 0.368 e. The second-order valence-electron chi connectivity index (χ2n) is 8.91. The van der Waals surface area contributed by atoms with E-state index in [0.29, 0.717) is 11.1 Å². The van der Waals surface area contributed by atoms with Crippen LogP contribution in [0, 0.1) is 0 Å². The number of carbonyl (C=O) groups is 2. The summed E-state index contributed by atoms with van der Waals surface area (Å²) in [6, 6.07) is 35.8. The van der Waals surface area contributed by atoms with Gasteiger partial charge in [-0.1, -0.05) is 127 Å². The van der Waals surface area contributed by atoms with Gasteiger partial charge in [0.05, 0.1) is 0 Å². The molecule has 0 saturated carbocycles. The summed E-state index contributed by atoms with van der Waals surface area (Å²) in [5.41, 5.74) is 2.19. The molecule has 3 nitrogen and oxygen atoms in total. The van der Waals surface area contributed by atoms with Gasteiger partial charge in [0.1, 0.15) is 0 Å². The van der Waals surface area contributed by atoms with Gasteiger partial charge in [0.15, 0.2) is 11.9 Å². The summed E-state index contributed by atoms with van der Waals surface area (Å²) in [5.74, 6) is -2.45. The summed E-state index contributed by atoms with van der Waals surface area (Å²) >= 11 is 5.97. The predicted molar refractivity (Wildman–Crippen MR) is 145 cm³/mol. The molecule has 0 bridgehead atoms. The van der Waals surface area contributed by atoms with Crippen LogP contribution in [-0.4, -0.2) is 16.9 Å². The third-order valence-electron chi connectivity index (χ3n) is 6.53. The standard InChI is InChI=1S/C32H24ClFO3/c33-32(34,29(35)21-20-22-10-2-1-3-11-22)31(36)37-30(27-18-8-14-23-12-4-6-16-25(23)27)28-19-9-15-24-13-5-7-17-26(24)28/h1-19,30H,20-21H2/t32-/m0/s1. The van der Waals surface area contributed by atoms with E-state index in [1.54, 1.807) is 0 Å². The van der Waals surface area contributed by atoms with E-state index in [1.165, 1.54) is 0 Å². The van der Waals surface area contributed by atoms with Crippen molar-refractivity contribution in [3.63, 3.8) is 0 Å². The fourth-order valence-corrected chi connectivity index (χ4v) is 4.75. The number of benzene rings is 5. The van der Waals surface area contributed by atoms with E-state index in [1.807, 2.05) is 115 Å². The predicted octanol–water partition coefficient (Wildman–Crippen LogP) is 7.73. The fourth-order valence-electron chi connectivity index (χ4n) is 4.61. The highest BCUT2D eigenvalue weighted by atomic mass is 35.5. The molecule has 0 aliphatic carbocycles. The van der Waals surface area contributed by atoms with Crippen LogP contribution in [0.25, 0.3) is 21.5 Å². The average molecular weight is 511 g/mol. The molecule has 0 unspecified atom stereocenters. The Kier molecular flexibility index (Phi) is 7.02. The molecule has 0 aliphatic heterocycles. The number of hydrogen-bond donors (Lipinski definition) is 0. The third-order valence-corrected chi connectivity index (χ3v) is 6.89. The van der Waals surface area contributed by atoms with Gasteiger partial charge in [-0.05, 0) is 33.5 Å². The van der Waals surface area contributed by atoms with Gasteiger partial charge in [0, 0.05) is 17.5 Å². The highest BCUT2D eigenvalue weighted by molar-refractivity contribution is 6.44. The van der Waals surface area contributed by atoms with Crippen LogP contribution in [0.4, 0.5) is 4.39 Å². The molecule has 0 aliphatic rings. The number of alkyl halides is 2. The quantitative estimate of drug-likeness (QED) is 0.122. The Morgan fingerprint density at radius 3 is 1.76 bits per heavy atom. The number of fused-ring (bicyclic) bond motifs is 2. The first-order valence-corrected chi connectivity index (χ1v) is 12.4. The molecule has 184 valence electrons. The van der Waals surface area contributed by atoms with Crippen LogP contribution in [-0.2, 0) is 20.7 Å². The lowest BCUT2D eigenvalue weighted by Crippen LogP contribution is -2.39. The maximum atomic E-state index is 15.5. The number of Topliss-reactive ketones (excluding diaryl/α,β-unsaturated/α-hetero) is 1. The minimum Gasteiger partial charge on any atom is -0.449 e. The number of ketones is 1. The van der Waals surface area contributed by atoms with Crippen LogP contribution in [0.15, 0.2) is 115 Å². The number of rotatable bonds is 8. The van der Waals surface area contributed by atoms with Crippen molar-refractivity contribution in [1.29, 1.82) is 0 Å². The lowest BCUT2D eigenvalue weighted by Gasteiger charge is -2.25. The van der Waals surface area contributed by atoms with Gasteiger partial charge < -0.3 is 4.74 Å². The molecule has 0 spiro atoms. The van der Waals surface area contributed by atoms with Gasteiger partial charge >= 0.3 is 11.1 Å². The number of esters is 1. The second-order valence-corrected chi connectivity index (χ2v) is 9.43. The monoisotopic (exact) mass is 510 g/mol. The van der Waals surface area contributed by atoms with Gasteiger partial charge in [0.25, 0.3) is 0 Å². The molecule has 0 fully saturated rings. The number of hydrogen-bond acceptors (Lipinski definition) is 3. The van der Waals surface area contributed by atoms with E-state index in [2.05, 4.69) is 0 Å². The molecular weight excluding hydrogens is 487 g/mol. The SMILES string of the molecule is O=C(CCc1ccccc1)[C@@](F)(Cl)C(=O)OC(c1cccc2ccccc12)c1cccc2ccccc12. The summed E-state index contributed by atoms with van der Waals surface area (Å²) < 4.78 is 21.4. The van der Waals surface area contributed by atoms with Gasteiger partial charge in [0.2, 0.25) is 0 Å². The fraction of sp³-hybridized carbons (Fsp3) is 0.125. The van der Waals surface area contributed by atoms with Crippen LogP contribution >= 0.6 is 11.6 Å². The highest BCUT2D eigenvalue weighted by Gasteiger charge is 2.47. The average Bonchev–Trinajstić information content (AvgIpc) is 2.94. The molecule has 5 aromatic rings. The molecular formula is C32H24ClFO3. The first-order valence-electron chi connectivity index (χ1n) is 12.1. The zero-order valence-corrected chi connectivity index (χ0v) is 20.7. The zero-order chi connectivity index (χ0) is 25.8. The highest BCUT2D eigenvalue weighted by Crippen LogP contribution is 2.37. The molecule has 0 N–H and O–H groups in total. The Morgan fingerprint density at radius 2 is 1.19 bits per heavy atom. The van der Waals surface area contributed by atoms with Crippen molar-refractivity contribution >= 4 is 44.9 Å². The van der Waals surface area contributed by atoms with Crippen LogP contribution < -0.4 is 0 Å². The van der Waals surface area contributed by atoms with Crippen LogP contribution in [0.1, 0.15) is 29.2 Å². The lowest BCUT2D eigenvalue weighted by molar-refractivity contribution is -0.159. The van der Waals surface area contributed by atoms with Gasteiger partial charge in [-0.3, -0.25) is 4.79 Å². The lowest BCUT2D eigenvalue weighted by atomic mass is 9.92. The minimum atomic E-state index is -3.30. The van der Waals surface area contributed by atoms with Crippen molar-refractivity contribution in [2.75, 3.05) is 0 Å². The van der Waals surface area contributed by atoms with E-state index in [0.717, 1.165) is 27.1 Å². The van der Waals surface area contributed by atoms with Crippen LogP contribution in [0.2, 0.25) is 0 Å². The summed E-state index contributed by atoms with van der Waals surface area (Å²) in [6.45, 7) is 0. The summed E-state index contributed by atoms with van der Waals surface area (Å²) in [6.07, 6.45) is -0.950. The Hall–Kier alpha value is -4.02. The minimum absolute atomic E-state index is 0.230. The summed E-state index contributed by atoms with van der Waals surface area (Å²) in [7, 11) is 0. The van der Waals surface area contributed by atoms with Crippen molar-refractivity contribution < 1.29 is 18.7 Å². The van der Waals surface area contributed by atoms with Gasteiger partial charge in [-0.25, -0.2) is 9.18 Å². The number of carbonyl (C=O) groups excluding carboxylic acids is 2. The number of ether oxygens (including phenoxy) is 1. The first-order chi connectivity index (χ1) is 17.9. The van der Waals surface area contributed by atoms with Crippen LogP contribution in [0.3, 0.4) is 0 Å². The van der Waals surface area contributed by atoms with Crippen molar-refractivity contribution in [3.05, 3.63) is 132 Å². The Balaban J connectivity index is 1.52. The summed E-state index contributed by atoms with van der Waals surface area (Å²) in [5, 5.41) is 0.285. The van der Waals surface area contributed by atoms with Crippen molar-refractivity contribution in [2.45, 2.75) is 24.1 Å². The molecule has 5 heteroatoms. The molecule has 1 atom stereocenters. The molecule has 5 rings (SSSR count). The van der Waals surface area contributed by atoms with Crippen molar-refractivity contribution in [3.8, 4) is 0 Å². The Bertz CT molecular complexity index is 1490. The van der Waals surface area contributed by atoms with E-state index in [-0.39, 0.29) is 12.8 Å². The van der Waals surface area contributed by atoms with Crippen molar-refractivity contribution in [1.82, 2.24) is 0 Å². The third kappa shape index (κ3) is 5.11. The van der Waals surface area contributed by atoms with Gasteiger partial charge in [-0.15, -0.1) is 0 Å². The summed E-state index contributed by atoms with van der Waals surface area (Å²) in [4.78, 5) is 25.9. The van der Waals surface area contributed by atoms with E-state index >= 15 is 4.39 Å². The molecule has 5 aromatic carbocycles. The van der Waals surface area contributed by atoms with E-state index < -0.39 is 23.0 Å². The Morgan fingerprint density at radius 1 is 0.703 bits per heavy atom. The topological polar surface area (TPSA) is 43.4 Å². The molecule has 0 aromatic heterocycles. The first kappa shape index (κ1) is 24.7. The van der Waals surface area contributed by atoms with E-state index in [9.17, 15) is 9.59 Å².